The molecule has 0 radical (unpaired) electrons. The molecular formula is C11H18N6O2. The van der Waals surface area contributed by atoms with E-state index in [4.69, 9.17) is 10.9 Å². The van der Waals surface area contributed by atoms with E-state index in [1.165, 1.54) is 0 Å². The maximum Gasteiger partial charge on any atom is 0.257 e. The summed E-state index contributed by atoms with van der Waals surface area (Å²) in [4.78, 5) is 16.0. The molecule has 0 saturated carbocycles. The highest BCUT2D eigenvalue weighted by molar-refractivity contribution is 5.93. The topological polar surface area (TPSA) is 100.0 Å². The molecular weight excluding hydrogens is 248 g/mol. The van der Waals surface area contributed by atoms with E-state index in [0.29, 0.717) is 38.3 Å². The van der Waals surface area contributed by atoms with Crippen LogP contribution in [0.25, 0.3) is 0 Å². The molecule has 0 atom stereocenters. The smallest absolute Gasteiger partial charge is 0.257 e. The van der Waals surface area contributed by atoms with Crippen molar-refractivity contribution >= 4 is 11.7 Å². The first kappa shape index (κ1) is 13.3. The number of carbonyl (C=O) groups is 1. The van der Waals surface area contributed by atoms with Crippen LogP contribution in [-0.2, 0) is 7.05 Å². The molecule has 8 heteroatoms. The number of amidine groups is 1. The minimum absolute atomic E-state index is 0.00320. The van der Waals surface area contributed by atoms with Crippen molar-refractivity contribution in [2.24, 2.45) is 17.9 Å². The van der Waals surface area contributed by atoms with Crippen molar-refractivity contribution in [1.29, 1.82) is 0 Å². The second-order valence-corrected chi connectivity index (χ2v) is 4.56. The van der Waals surface area contributed by atoms with E-state index in [9.17, 15) is 4.79 Å². The van der Waals surface area contributed by atoms with Crippen LogP contribution in [0.3, 0.4) is 0 Å². The largest absolute Gasteiger partial charge is 0.409 e. The zero-order chi connectivity index (χ0) is 13.8. The summed E-state index contributed by atoms with van der Waals surface area (Å²) in [5, 5.41) is 15.5. The molecule has 3 N–H and O–H groups in total. The number of amides is 1. The van der Waals surface area contributed by atoms with Gasteiger partial charge in [-0.05, 0) is 0 Å². The van der Waals surface area contributed by atoms with Crippen molar-refractivity contribution in [3.8, 4) is 0 Å². The molecule has 0 bridgehead atoms. The first-order valence-corrected chi connectivity index (χ1v) is 6.07. The third-order valence-electron chi connectivity index (χ3n) is 3.13. The van der Waals surface area contributed by atoms with Crippen LogP contribution >= 0.6 is 0 Å². The summed E-state index contributed by atoms with van der Waals surface area (Å²) in [5.41, 5.74) is 6.06. The van der Waals surface area contributed by atoms with Crippen LogP contribution in [0.5, 0.6) is 0 Å². The Kier molecular flexibility index (Phi) is 4.00. The standard InChI is InChI=1S/C11H18N6O2/c1-15-7-9(6-13-15)11(18)17-4-2-16(3-5-17)8-10(12)14-19/h6-7,19H,2-5,8H2,1H3,(H2,12,14). The third-order valence-corrected chi connectivity index (χ3v) is 3.13. The lowest BCUT2D eigenvalue weighted by Gasteiger charge is -2.34. The minimum Gasteiger partial charge on any atom is -0.409 e. The van der Waals surface area contributed by atoms with Crippen LogP contribution < -0.4 is 5.73 Å². The number of aryl methyl sites for hydroxylation is 1. The molecule has 0 unspecified atom stereocenters. The molecule has 0 aliphatic carbocycles. The van der Waals surface area contributed by atoms with Gasteiger partial charge in [-0.25, -0.2) is 0 Å². The van der Waals surface area contributed by atoms with E-state index in [1.807, 2.05) is 4.90 Å². The fourth-order valence-electron chi connectivity index (χ4n) is 2.08. The normalized spacial score (nSPS) is 17.7. The zero-order valence-electron chi connectivity index (χ0n) is 10.9. The molecule has 19 heavy (non-hydrogen) atoms. The highest BCUT2D eigenvalue weighted by atomic mass is 16.4. The van der Waals surface area contributed by atoms with Crippen LogP contribution in [-0.4, -0.2) is 69.3 Å². The van der Waals surface area contributed by atoms with Gasteiger partial charge in [-0.1, -0.05) is 5.16 Å². The third kappa shape index (κ3) is 3.22. The van der Waals surface area contributed by atoms with E-state index in [1.54, 1.807) is 29.0 Å². The quantitative estimate of drug-likeness (QED) is 0.314. The Morgan fingerprint density at radius 1 is 1.47 bits per heavy atom. The molecule has 1 aliphatic rings. The van der Waals surface area contributed by atoms with Crippen LogP contribution in [0.15, 0.2) is 17.5 Å². The lowest BCUT2D eigenvalue weighted by molar-refractivity contribution is 0.0653. The summed E-state index contributed by atoms with van der Waals surface area (Å²) < 4.78 is 1.61. The van der Waals surface area contributed by atoms with Gasteiger partial charge in [-0.15, -0.1) is 0 Å². The van der Waals surface area contributed by atoms with Crippen molar-refractivity contribution in [1.82, 2.24) is 19.6 Å². The molecule has 0 aromatic carbocycles. The lowest BCUT2D eigenvalue weighted by Crippen LogP contribution is -2.50. The zero-order valence-corrected chi connectivity index (χ0v) is 10.9. The summed E-state index contributed by atoms with van der Waals surface area (Å²) in [7, 11) is 1.78. The Morgan fingerprint density at radius 3 is 2.68 bits per heavy atom. The van der Waals surface area contributed by atoms with Crippen LogP contribution in [0.1, 0.15) is 10.4 Å². The summed E-state index contributed by atoms with van der Waals surface area (Å²) in [6.45, 7) is 3.11. The molecule has 2 heterocycles. The molecule has 1 fully saturated rings. The summed E-state index contributed by atoms with van der Waals surface area (Å²) in [6, 6.07) is 0. The van der Waals surface area contributed by atoms with Crippen molar-refractivity contribution in [3.63, 3.8) is 0 Å². The van der Waals surface area contributed by atoms with Gasteiger partial charge in [0.05, 0.1) is 18.3 Å². The van der Waals surface area contributed by atoms with E-state index in [-0.39, 0.29) is 11.7 Å². The number of nitrogens with two attached hydrogens (primary N) is 1. The number of oxime groups is 1. The highest BCUT2D eigenvalue weighted by Crippen LogP contribution is 2.07. The second kappa shape index (κ2) is 5.70. The maximum atomic E-state index is 12.2. The van der Waals surface area contributed by atoms with Gasteiger partial charge in [0.1, 0.15) is 0 Å². The van der Waals surface area contributed by atoms with Gasteiger partial charge in [-0.2, -0.15) is 5.10 Å². The molecule has 2 rings (SSSR count). The highest BCUT2D eigenvalue weighted by Gasteiger charge is 2.23. The monoisotopic (exact) mass is 266 g/mol. The predicted octanol–water partition coefficient (Wildman–Crippen LogP) is -1.08. The average Bonchev–Trinajstić information content (AvgIpc) is 2.85. The van der Waals surface area contributed by atoms with E-state index in [2.05, 4.69) is 10.3 Å². The number of nitrogens with zero attached hydrogens (tertiary/aromatic N) is 5. The maximum absolute atomic E-state index is 12.2. The van der Waals surface area contributed by atoms with E-state index >= 15 is 0 Å². The Hall–Kier alpha value is -2.09. The van der Waals surface area contributed by atoms with Crippen LogP contribution in [0.4, 0.5) is 0 Å². The second-order valence-electron chi connectivity index (χ2n) is 4.56. The van der Waals surface area contributed by atoms with Crippen molar-refractivity contribution in [2.75, 3.05) is 32.7 Å². The van der Waals surface area contributed by atoms with E-state index < -0.39 is 0 Å². The van der Waals surface area contributed by atoms with Crippen LogP contribution in [0, 0.1) is 0 Å². The summed E-state index contributed by atoms with van der Waals surface area (Å²) in [6.07, 6.45) is 3.29. The van der Waals surface area contributed by atoms with Crippen molar-refractivity contribution in [2.45, 2.75) is 0 Å². The lowest BCUT2D eigenvalue weighted by atomic mass is 10.2. The first-order valence-electron chi connectivity index (χ1n) is 6.07. The summed E-state index contributed by atoms with van der Waals surface area (Å²) >= 11 is 0. The molecule has 0 spiro atoms. The number of hydrogen-bond acceptors (Lipinski definition) is 5. The number of hydrogen-bond donors (Lipinski definition) is 2. The van der Waals surface area contributed by atoms with Gasteiger partial charge >= 0.3 is 0 Å². The van der Waals surface area contributed by atoms with Crippen LogP contribution in [0.2, 0.25) is 0 Å². The number of piperazine rings is 1. The van der Waals surface area contributed by atoms with Gasteiger partial charge < -0.3 is 15.8 Å². The molecule has 1 aromatic heterocycles. The van der Waals surface area contributed by atoms with Gasteiger partial charge in [-0.3, -0.25) is 14.4 Å². The van der Waals surface area contributed by atoms with Gasteiger partial charge in [0.2, 0.25) is 0 Å². The minimum atomic E-state index is -0.00320. The Labute approximate surface area is 111 Å². The summed E-state index contributed by atoms with van der Waals surface area (Å²) in [5.74, 6) is 0.184. The molecule has 1 amide bonds. The van der Waals surface area contributed by atoms with Gasteiger partial charge in [0, 0.05) is 39.4 Å². The van der Waals surface area contributed by atoms with E-state index in [0.717, 1.165) is 0 Å². The molecule has 8 nitrogen and oxygen atoms in total. The Balaban J connectivity index is 1.88. The van der Waals surface area contributed by atoms with Crippen molar-refractivity contribution < 1.29 is 10.0 Å². The molecule has 1 saturated heterocycles. The molecule has 1 aliphatic heterocycles. The first-order chi connectivity index (χ1) is 9.10. The molecule has 104 valence electrons. The number of aromatic nitrogens is 2. The SMILES string of the molecule is Cn1cc(C(=O)N2CCN(CC(N)=NO)CC2)cn1. The number of rotatable bonds is 3. The average molecular weight is 266 g/mol. The van der Waals surface area contributed by atoms with Crippen molar-refractivity contribution in [3.05, 3.63) is 18.0 Å². The van der Waals surface area contributed by atoms with Gasteiger partial charge in [0.25, 0.3) is 5.91 Å². The predicted molar refractivity (Wildman–Crippen MR) is 69.0 cm³/mol. The Morgan fingerprint density at radius 2 is 2.16 bits per heavy atom. The Bertz CT molecular complexity index is 475. The molecule has 1 aromatic rings. The fraction of sp³-hybridized carbons (Fsp3) is 0.545. The van der Waals surface area contributed by atoms with Gasteiger partial charge in [0.15, 0.2) is 5.84 Å². The fourth-order valence-corrected chi connectivity index (χ4v) is 2.08. The number of carbonyl (C=O) groups excluding carboxylic acids is 1.